The number of benzene rings is 1. The van der Waals surface area contributed by atoms with Crippen LogP contribution in [0.4, 0.5) is 4.39 Å². The molecule has 3 heteroatoms. The van der Waals surface area contributed by atoms with Gasteiger partial charge >= 0.3 is 0 Å². The van der Waals surface area contributed by atoms with Crippen LogP contribution in [0.1, 0.15) is 18.4 Å². The molecule has 0 N–H and O–H groups in total. The van der Waals surface area contributed by atoms with Crippen molar-refractivity contribution in [3.8, 4) is 0 Å². The molecular formula is C14H19BrFN. The van der Waals surface area contributed by atoms with Gasteiger partial charge in [0.25, 0.3) is 0 Å². The summed E-state index contributed by atoms with van der Waals surface area (Å²) in [5, 5.41) is 0. The van der Waals surface area contributed by atoms with Crippen LogP contribution in [0.5, 0.6) is 0 Å². The summed E-state index contributed by atoms with van der Waals surface area (Å²) in [5.74, 6) is 0.746. The number of rotatable bonds is 5. The van der Waals surface area contributed by atoms with Crippen LogP contribution in [0, 0.1) is 5.92 Å². The van der Waals surface area contributed by atoms with E-state index in [2.05, 4.69) is 45.1 Å². The third kappa shape index (κ3) is 4.07. The summed E-state index contributed by atoms with van der Waals surface area (Å²) in [5.41, 5.74) is 1.41. The summed E-state index contributed by atoms with van der Waals surface area (Å²) in [4.78, 5) is 2.39. The highest BCUT2D eigenvalue weighted by atomic mass is 79.9. The van der Waals surface area contributed by atoms with Crippen molar-refractivity contribution in [3.63, 3.8) is 0 Å². The Morgan fingerprint density at radius 1 is 1.29 bits per heavy atom. The SMILES string of the molecule is FCCCN1CCC(Cc2ccc(Br)cc2)C1. The fourth-order valence-electron chi connectivity index (χ4n) is 2.52. The molecule has 1 aliphatic rings. The highest BCUT2D eigenvalue weighted by Gasteiger charge is 2.21. The predicted octanol–water partition coefficient (Wildman–Crippen LogP) is 3.67. The summed E-state index contributed by atoms with van der Waals surface area (Å²) in [6, 6.07) is 8.58. The highest BCUT2D eigenvalue weighted by Crippen LogP contribution is 2.21. The smallest absolute Gasteiger partial charge is 0.0906 e. The molecule has 17 heavy (non-hydrogen) atoms. The summed E-state index contributed by atoms with van der Waals surface area (Å²) >= 11 is 3.45. The maximum absolute atomic E-state index is 12.1. The molecule has 1 aliphatic heterocycles. The number of alkyl halides is 1. The van der Waals surface area contributed by atoms with E-state index in [0.29, 0.717) is 6.42 Å². The zero-order valence-corrected chi connectivity index (χ0v) is 11.6. The van der Waals surface area contributed by atoms with E-state index in [0.717, 1.165) is 36.4 Å². The van der Waals surface area contributed by atoms with Crippen LogP contribution in [0.15, 0.2) is 28.7 Å². The number of likely N-dealkylation sites (tertiary alicyclic amines) is 1. The first kappa shape index (κ1) is 13.0. The summed E-state index contributed by atoms with van der Waals surface area (Å²) < 4.78 is 13.2. The van der Waals surface area contributed by atoms with Gasteiger partial charge in [-0.25, -0.2) is 0 Å². The molecule has 0 aliphatic carbocycles. The first-order valence-corrected chi connectivity index (χ1v) is 7.10. The molecule has 0 saturated carbocycles. The molecule has 2 rings (SSSR count). The minimum Gasteiger partial charge on any atom is -0.303 e. The normalized spacial score (nSPS) is 20.9. The summed E-state index contributed by atoms with van der Waals surface area (Å²) in [6.45, 7) is 3.01. The zero-order valence-electron chi connectivity index (χ0n) is 10.0. The molecule has 1 atom stereocenters. The maximum atomic E-state index is 12.1. The Balaban J connectivity index is 1.79. The van der Waals surface area contributed by atoms with Gasteiger partial charge in [0.05, 0.1) is 6.67 Å². The molecule has 0 spiro atoms. The Kier molecular flexibility index (Phi) is 4.99. The number of nitrogens with zero attached hydrogens (tertiary/aromatic N) is 1. The third-order valence-electron chi connectivity index (χ3n) is 3.42. The van der Waals surface area contributed by atoms with E-state index in [1.807, 2.05) is 0 Å². The molecule has 0 aromatic heterocycles. The molecule has 94 valence electrons. The average molecular weight is 300 g/mol. The Morgan fingerprint density at radius 3 is 2.76 bits per heavy atom. The summed E-state index contributed by atoms with van der Waals surface area (Å²) in [7, 11) is 0. The van der Waals surface area contributed by atoms with E-state index in [1.54, 1.807) is 0 Å². The van der Waals surface area contributed by atoms with E-state index in [1.165, 1.54) is 12.0 Å². The van der Waals surface area contributed by atoms with Crippen molar-refractivity contribution in [1.29, 1.82) is 0 Å². The standard InChI is InChI=1S/C14H19BrFN/c15-14-4-2-12(3-5-14)10-13-6-9-17(11-13)8-1-7-16/h2-5,13H,1,6-11H2. The second-order valence-corrected chi connectivity index (χ2v) is 5.74. The van der Waals surface area contributed by atoms with Gasteiger partial charge in [-0.2, -0.15) is 0 Å². The van der Waals surface area contributed by atoms with Crippen molar-refractivity contribution in [1.82, 2.24) is 4.90 Å². The van der Waals surface area contributed by atoms with E-state index in [9.17, 15) is 4.39 Å². The van der Waals surface area contributed by atoms with Crippen LogP contribution in [-0.2, 0) is 6.42 Å². The van der Waals surface area contributed by atoms with Gasteiger partial charge in [0.1, 0.15) is 0 Å². The van der Waals surface area contributed by atoms with Crippen LogP contribution in [0.3, 0.4) is 0 Å². The first-order valence-electron chi connectivity index (χ1n) is 6.30. The second-order valence-electron chi connectivity index (χ2n) is 4.83. The van der Waals surface area contributed by atoms with Crippen LogP contribution in [0.2, 0.25) is 0 Å². The van der Waals surface area contributed by atoms with Crippen molar-refractivity contribution in [2.75, 3.05) is 26.3 Å². The van der Waals surface area contributed by atoms with Crippen molar-refractivity contribution < 1.29 is 4.39 Å². The van der Waals surface area contributed by atoms with Crippen LogP contribution >= 0.6 is 15.9 Å². The lowest BCUT2D eigenvalue weighted by Crippen LogP contribution is -2.22. The lowest BCUT2D eigenvalue weighted by Gasteiger charge is -2.14. The van der Waals surface area contributed by atoms with Crippen molar-refractivity contribution in [3.05, 3.63) is 34.3 Å². The Bertz CT molecular complexity index is 339. The third-order valence-corrected chi connectivity index (χ3v) is 3.94. The molecule has 1 nitrogen and oxygen atoms in total. The molecule has 0 radical (unpaired) electrons. The summed E-state index contributed by atoms with van der Waals surface area (Å²) in [6.07, 6.45) is 3.09. The average Bonchev–Trinajstić information content (AvgIpc) is 2.77. The van der Waals surface area contributed by atoms with Crippen LogP contribution in [-0.4, -0.2) is 31.2 Å². The molecule has 1 saturated heterocycles. The van der Waals surface area contributed by atoms with Crippen LogP contribution in [0.25, 0.3) is 0 Å². The van der Waals surface area contributed by atoms with Gasteiger partial charge in [0.2, 0.25) is 0 Å². The molecule has 0 amide bonds. The van der Waals surface area contributed by atoms with Crippen molar-refractivity contribution >= 4 is 15.9 Å². The Morgan fingerprint density at radius 2 is 2.06 bits per heavy atom. The molecule has 0 bridgehead atoms. The van der Waals surface area contributed by atoms with Gasteiger partial charge in [-0.1, -0.05) is 28.1 Å². The van der Waals surface area contributed by atoms with Gasteiger partial charge < -0.3 is 4.90 Å². The van der Waals surface area contributed by atoms with Gasteiger partial charge in [0, 0.05) is 17.6 Å². The predicted molar refractivity (Wildman–Crippen MR) is 73.0 cm³/mol. The van der Waals surface area contributed by atoms with E-state index in [-0.39, 0.29) is 6.67 Å². The lowest BCUT2D eigenvalue weighted by atomic mass is 9.99. The lowest BCUT2D eigenvalue weighted by molar-refractivity contribution is 0.301. The molecule has 1 aromatic rings. The zero-order chi connectivity index (χ0) is 12.1. The molecule has 1 heterocycles. The second kappa shape index (κ2) is 6.50. The number of halogens is 2. The minimum atomic E-state index is -0.187. The molecule has 1 fully saturated rings. The minimum absolute atomic E-state index is 0.187. The van der Waals surface area contributed by atoms with Gasteiger partial charge in [0.15, 0.2) is 0 Å². The highest BCUT2D eigenvalue weighted by molar-refractivity contribution is 9.10. The first-order chi connectivity index (χ1) is 8.28. The fraction of sp³-hybridized carbons (Fsp3) is 0.571. The fourth-order valence-corrected chi connectivity index (χ4v) is 2.78. The van der Waals surface area contributed by atoms with Gasteiger partial charge in [-0.15, -0.1) is 0 Å². The van der Waals surface area contributed by atoms with Crippen molar-refractivity contribution in [2.24, 2.45) is 5.92 Å². The van der Waals surface area contributed by atoms with Crippen LogP contribution < -0.4 is 0 Å². The number of hydrogen-bond acceptors (Lipinski definition) is 1. The van der Waals surface area contributed by atoms with Gasteiger partial charge in [-0.3, -0.25) is 4.39 Å². The number of hydrogen-bond donors (Lipinski definition) is 0. The van der Waals surface area contributed by atoms with E-state index >= 15 is 0 Å². The monoisotopic (exact) mass is 299 g/mol. The van der Waals surface area contributed by atoms with E-state index in [4.69, 9.17) is 0 Å². The van der Waals surface area contributed by atoms with E-state index < -0.39 is 0 Å². The topological polar surface area (TPSA) is 3.24 Å². The Labute approximate surface area is 111 Å². The quantitative estimate of drug-likeness (QED) is 0.802. The van der Waals surface area contributed by atoms with Gasteiger partial charge in [-0.05, 0) is 49.4 Å². The molecule has 1 unspecified atom stereocenters. The maximum Gasteiger partial charge on any atom is 0.0906 e. The Hall–Kier alpha value is -0.410. The molecule has 1 aromatic carbocycles. The largest absolute Gasteiger partial charge is 0.303 e. The molecular weight excluding hydrogens is 281 g/mol. The van der Waals surface area contributed by atoms with Crippen molar-refractivity contribution in [2.45, 2.75) is 19.3 Å².